The SMILES string of the molecule is Cc1cccc([C@@H]2CC[C@H](C(=O)N[C@H](C)c3ccccc3)CN2C(=O)NCc2ccccc2)c1. The normalized spacial score (nSPS) is 18.7. The molecule has 1 saturated heterocycles. The number of carbonyl (C=O) groups excluding carboxylic acids is 2. The van der Waals surface area contributed by atoms with Gasteiger partial charge in [-0.1, -0.05) is 90.5 Å². The molecule has 0 unspecified atom stereocenters. The van der Waals surface area contributed by atoms with Gasteiger partial charge in [-0.2, -0.15) is 0 Å². The highest BCUT2D eigenvalue weighted by Crippen LogP contribution is 2.34. The molecule has 0 saturated carbocycles. The summed E-state index contributed by atoms with van der Waals surface area (Å²) >= 11 is 0. The largest absolute Gasteiger partial charge is 0.349 e. The summed E-state index contributed by atoms with van der Waals surface area (Å²) in [6, 6.07) is 27.9. The smallest absolute Gasteiger partial charge is 0.318 e. The summed E-state index contributed by atoms with van der Waals surface area (Å²) in [4.78, 5) is 28.3. The third kappa shape index (κ3) is 5.84. The van der Waals surface area contributed by atoms with Gasteiger partial charge in [0.25, 0.3) is 0 Å². The number of likely N-dealkylation sites (tertiary alicyclic amines) is 1. The quantitative estimate of drug-likeness (QED) is 0.513. The van der Waals surface area contributed by atoms with Crippen LogP contribution in [0, 0.1) is 12.8 Å². The van der Waals surface area contributed by atoms with Crippen molar-refractivity contribution in [1.82, 2.24) is 15.5 Å². The molecule has 1 aliphatic heterocycles. The first-order valence-electron chi connectivity index (χ1n) is 12.0. The van der Waals surface area contributed by atoms with Gasteiger partial charge in [0.05, 0.1) is 18.0 Å². The molecule has 176 valence electrons. The third-order valence-electron chi connectivity index (χ3n) is 6.59. The van der Waals surface area contributed by atoms with Crippen molar-refractivity contribution in [3.8, 4) is 0 Å². The first-order chi connectivity index (χ1) is 16.5. The van der Waals surface area contributed by atoms with Gasteiger partial charge in [-0.15, -0.1) is 0 Å². The molecule has 0 spiro atoms. The average molecular weight is 456 g/mol. The Balaban J connectivity index is 1.48. The van der Waals surface area contributed by atoms with Crippen LogP contribution in [-0.4, -0.2) is 23.4 Å². The summed E-state index contributed by atoms with van der Waals surface area (Å²) in [5.41, 5.74) is 4.40. The lowest BCUT2D eigenvalue weighted by Crippen LogP contribution is -2.50. The van der Waals surface area contributed by atoms with Crippen molar-refractivity contribution in [2.75, 3.05) is 6.54 Å². The summed E-state index contributed by atoms with van der Waals surface area (Å²) in [6.07, 6.45) is 1.49. The highest BCUT2D eigenvalue weighted by Gasteiger charge is 2.36. The van der Waals surface area contributed by atoms with Gasteiger partial charge in [-0.25, -0.2) is 4.79 Å². The third-order valence-corrected chi connectivity index (χ3v) is 6.59. The van der Waals surface area contributed by atoms with Crippen LogP contribution in [-0.2, 0) is 11.3 Å². The molecule has 1 aliphatic rings. The first-order valence-corrected chi connectivity index (χ1v) is 12.0. The molecule has 3 aromatic rings. The molecule has 34 heavy (non-hydrogen) atoms. The summed E-state index contributed by atoms with van der Waals surface area (Å²) in [7, 11) is 0. The van der Waals surface area contributed by atoms with Crippen molar-refractivity contribution in [3.63, 3.8) is 0 Å². The maximum atomic E-state index is 13.3. The molecule has 3 amide bonds. The Labute approximate surface area is 202 Å². The molecular formula is C29H33N3O2. The average Bonchev–Trinajstić information content (AvgIpc) is 2.88. The van der Waals surface area contributed by atoms with Gasteiger partial charge in [-0.05, 0) is 43.4 Å². The van der Waals surface area contributed by atoms with E-state index in [2.05, 4.69) is 35.8 Å². The minimum Gasteiger partial charge on any atom is -0.349 e. The second kappa shape index (κ2) is 11.0. The number of benzene rings is 3. The molecule has 2 N–H and O–H groups in total. The minimum absolute atomic E-state index is 0.0000883. The van der Waals surface area contributed by atoms with E-state index in [9.17, 15) is 9.59 Å². The number of rotatable bonds is 6. The van der Waals surface area contributed by atoms with Gasteiger partial charge in [0.15, 0.2) is 0 Å². The van der Waals surface area contributed by atoms with Crippen LogP contribution in [0.4, 0.5) is 4.79 Å². The van der Waals surface area contributed by atoms with E-state index >= 15 is 0 Å². The van der Waals surface area contributed by atoms with Crippen molar-refractivity contribution in [1.29, 1.82) is 0 Å². The van der Waals surface area contributed by atoms with Gasteiger partial charge in [0, 0.05) is 13.1 Å². The summed E-state index contributed by atoms with van der Waals surface area (Å²) < 4.78 is 0. The lowest BCUT2D eigenvalue weighted by Gasteiger charge is -2.39. The summed E-state index contributed by atoms with van der Waals surface area (Å²) in [5.74, 6) is -0.241. The predicted molar refractivity (Wildman–Crippen MR) is 135 cm³/mol. The Morgan fingerprint density at radius 3 is 2.35 bits per heavy atom. The van der Waals surface area contributed by atoms with E-state index < -0.39 is 0 Å². The lowest BCUT2D eigenvalue weighted by molar-refractivity contribution is -0.127. The maximum Gasteiger partial charge on any atom is 0.318 e. The van der Waals surface area contributed by atoms with E-state index in [1.54, 1.807) is 0 Å². The topological polar surface area (TPSA) is 61.4 Å². The number of urea groups is 1. The predicted octanol–water partition coefficient (Wildman–Crippen LogP) is 5.54. The zero-order valence-electron chi connectivity index (χ0n) is 19.9. The number of nitrogens with zero attached hydrogens (tertiary/aromatic N) is 1. The van der Waals surface area contributed by atoms with Crippen molar-refractivity contribution in [2.45, 2.75) is 45.3 Å². The van der Waals surface area contributed by atoms with Crippen LogP contribution in [0.1, 0.15) is 54.1 Å². The molecule has 0 bridgehead atoms. The molecular weight excluding hydrogens is 422 g/mol. The molecule has 5 nitrogen and oxygen atoms in total. The van der Waals surface area contributed by atoms with Gasteiger partial charge in [-0.3, -0.25) is 4.79 Å². The fourth-order valence-corrected chi connectivity index (χ4v) is 4.66. The lowest BCUT2D eigenvalue weighted by atomic mass is 9.88. The Bertz CT molecular complexity index is 1100. The second-order valence-corrected chi connectivity index (χ2v) is 9.14. The molecule has 5 heteroatoms. The number of carbonyl (C=O) groups is 2. The molecule has 0 aromatic heterocycles. The number of hydrogen-bond acceptors (Lipinski definition) is 2. The van der Waals surface area contributed by atoms with E-state index in [-0.39, 0.29) is 29.9 Å². The van der Waals surface area contributed by atoms with E-state index in [1.165, 1.54) is 5.56 Å². The minimum atomic E-state index is -0.241. The van der Waals surface area contributed by atoms with E-state index in [0.29, 0.717) is 13.1 Å². The van der Waals surface area contributed by atoms with Gasteiger partial charge in [0.1, 0.15) is 0 Å². The second-order valence-electron chi connectivity index (χ2n) is 9.14. The van der Waals surface area contributed by atoms with Crippen LogP contribution in [0.5, 0.6) is 0 Å². The van der Waals surface area contributed by atoms with E-state index in [0.717, 1.165) is 29.5 Å². The van der Waals surface area contributed by atoms with Crippen LogP contribution in [0.25, 0.3) is 0 Å². The highest BCUT2D eigenvalue weighted by atomic mass is 16.2. The molecule has 1 fully saturated rings. The number of hydrogen-bond donors (Lipinski definition) is 2. The number of aryl methyl sites for hydroxylation is 1. The van der Waals surface area contributed by atoms with Crippen LogP contribution in [0.2, 0.25) is 0 Å². The molecule has 0 aliphatic carbocycles. The Morgan fingerprint density at radius 2 is 1.65 bits per heavy atom. The van der Waals surface area contributed by atoms with E-state index in [1.807, 2.05) is 78.6 Å². The van der Waals surface area contributed by atoms with Crippen LogP contribution in [0.3, 0.4) is 0 Å². The van der Waals surface area contributed by atoms with Crippen molar-refractivity contribution in [3.05, 3.63) is 107 Å². The fourth-order valence-electron chi connectivity index (χ4n) is 4.66. The standard InChI is InChI=1S/C29H33N3O2/c1-21-10-9-15-25(18-21)27-17-16-26(28(33)31-22(2)24-13-7-4-8-14-24)20-32(27)29(34)30-19-23-11-5-3-6-12-23/h3-15,18,22,26-27H,16-17,19-20H2,1-2H3,(H,30,34)(H,31,33)/t22-,26+,27+/m1/s1. The summed E-state index contributed by atoms with van der Waals surface area (Å²) in [6.45, 7) is 4.91. The van der Waals surface area contributed by atoms with Gasteiger partial charge < -0.3 is 15.5 Å². The summed E-state index contributed by atoms with van der Waals surface area (Å²) in [5, 5.41) is 6.21. The monoisotopic (exact) mass is 455 g/mol. The number of nitrogens with one attached hydrogen (secondary N) is 2. The number of piperidine rings is 1. The van der Waals surface area contributed by atoms with Gasteiger partial charge >= 0.3 is 6.03 Å². The maximum absolute atomic E-state index is 13.3. The van der Waals surface area contributed by atoms with E-state index in [4.69, 9.17) is 0 Å². The van der Waals surface area contributed by atoms with Crippen LogP contribution >= 0.6 is 0 Å². The van der Waals surface area contributed by atoms with Crippen molar-refractivity contribution >= 4 is 11.9 Å². The Kier molecular flexibility index (Phi) is 7.63. The van der Waals surface area contributed by atoms with Crippen LogP contribution < -0.4 is 10.6 Å². The first kappa shape index (κ1) is 23.6. The molecule has 3 atom stereocenters. The highest BCUT2D eigenvalue weighted by molar-refractivity contribution is 5.81. The molecule has 1 heterocycles. The number of amides is 3. The molecule has 4 rings (SSSR count). The molecule has 0 radical (unpaired) electrons. The zero-order valence-corrected chi connectivity index (χ0v) is 19.9. The zero-order chi connectivity index (χ0) is 23.9. The van der Waals surface area contributed by atoms with Crippen LogP contribution in [0.15, 0.2) is 84.9 Å². The van der Waals surface area contributed by atoms with Crippen molar-refractivity contribution < 1.29 is 9.59 Å². The van der Waals surface area contributed by atoms with Crippen molar-refractivity contribution in [2.24, 2.45) is 5.92 Å². The van der Waals surface area contributed by atoms with Gasteiger partial charge in [0.2, 0.25) is 5.91 Å². The fraction of sp³-hybridized carbons (Fsp3) is 0.310. The Morgan fingerprint density at radius 1 is 0.941 bits per heavy atom. The Hall–Kier alpha value is -3.60. The molecule has 3 aromatic carbocycles.